The number of carbonyl (C=O) groups excluding carboxylic acids is 1. The molecule has 0 aliphatic rings. The third kappa shape index (κ3) is 4.05. The highest BCUT2D eigenvalue weighted by atomic mass is 16.5. The highest BCUT2D eigenvalue weighted by molar-refractivity contribution is 5.93. The average molecular weight is 367 g/mol. The van der Waals surface area contributed by atoms with Crippen LogP contribution in [0.15, 0.2) is 36.4 Å². The van der Waals surface area contributed by atoms with Crippen LogP contribution < -0.4 is 14.8 Å². The molecule has 0 aliphatic carbocycles. The van der Waals surface area contributed by atoms with E-state index in [1.807, 2.05) is 38.1 Å². The van der Waals surface area contributed by atoms with Crippen LogP contribution in [0.25, 0.3) is 5.69 Å². The topological polar surface area (TPSA) is 91.2 Å². The minimum Gasteiger partial charge on any atom is -0.497 e. The van der Waals surface area contributed by atoms with Gasteiger partial charge >= 0.3 is 0 Å². The number of anilines is 1. The van der Waals surface area contributed by atoms with Crippen molar-refractivity contribution in [2.45, 2.75) is 20.3 Å². The molecule has 3 rings (SSSR count). The Morgan fingerprint density at radius 1 is 1.11 bits per heavy atom. The van der Waals surface area contributed by atoms with E-state index < -0.39 is 0 Å². The molecular weight excluding hydrogens is 346 g/mol. The maximum Gasteiger partial charge on any atom is 0.228 e. The molecule has 140 valence electrons. The molecule has 3 aromatic rings. The molecule has 1 aromatic heterocycles. The number of nitrogens with one attached hydrogen (secondary N) is 1. The summed E-state index contributed by atoms with van der Waals surface area (Å²) in [5.41, 5.74) is 3.26. The Morgan fingerprint density at radius 2 is 1.93 bits per heavy atom. The van der Waals surface area contributed by atoms with Crippen molar-refractivity contribution in [1.82, 2.24) is 20.2 Å². The molecule has 0 atom stereocenters. The number of amides is 1. The van der Waals surface area contributed by atoms with Gasteiger partial charge in [-0.15, -0.1) is 5.10 Å². The van der Waals surface area contributed by atoms with Crippen molar-refractivity contribution >= 4 is 11.6 Å². The van der Waals surface area contributed by atoms with Gasteiger partial charge in [0, 0.05) is 17.3 Å². The van der Waals surface area contributed by atoms with Gasteiger partial charge < -0.3 is 14.8 Å². The Morgan fingerprint density at radius 3 is 2.59 bits per heavy atom. The second-order valence-electron chi connectivity index (χ2n) is 6.04. The summed E-state index contributed by atoms with van der Waals surface area (Å²) >= 11 is 0. The first-order valence-electron chi connectivity index (χ1n) is 8.38. The lowest BCUT2D eigenvalue weighted by atomic mass is 10.1. The lowest BCUT2D eigenvalue weighted by Crippen LogP contribution is -2.15. The highest BCUT2D eigenvalue weighted by Crippen LogP contribution is 2.25. The van der Waals surface area contributed by atoms with Crippen LogP contribution in [0.4, 0.5) is 5.69 Å². The number of hydrogen-bond donors (Lipinski definition) is 1. The van der Waals surface area contributed by atoms with Crippen LogP contribution in [0.3, 0.4) is 0 Å². The van der Waals surface area contributed by atoms with Gasteiger partial charge in [0.15, 0.2) is 5.82 Å². The molecule has 1 N–H and O–H groups in total. The van der Waals surface area contributed by atoms with E-state index in [0.29, 0.717) is 23.0 Å². The number of ether oxygens (including phenoxy) is 2. The van der Waals surface area contributed by atoms with E-state index in [1.165, 1.54) is 0 Å². The van der Waals surface area contributed by atoms with Gasteiger partial charge in [-0.1, -0.05) is 12.1 Å². The largest absolute Gasteiger partial charge is 0.497 e. The molecule has 0 saturated carbocycles. The minimum atomic E-state index is -0.151. The van der Waals surface area contributed by atoms with Crippen molar-refractivity contribution in [2.24, 2.45) is 0 Å². The highest BCUT2D eigenvalue weighted by Gasteiger charge is 2.12. The number of aryl methyl sites for hydroxylation is 2. The van der Waals surface area contributed by atoms with E-state index in [1.54, 1.807) is 31.0 Å². The van der Waals surface area contributed by atoms with Crippen molar-refractivity contribution in [1.29, 1.82) is 0 Å². The number of hydrogen-bond acceptors (Lipinski definition) is 6. The molecule has 0 bridgehead atoms. The van der Waals surface area contributed by atoms with Crippen molar-refractivity contribution in [2.75, 3.05) is 19.5 Å². The van der Waals surface area contributed by atoms with Gasteiger partial charge in [-0.2, -0.15) is 4.68 Å². The number of nitrogens with zero attached hydrogens (tertiary/aromatic N) is 4. The number of aromatic nitrogens is 4. The first-order chi connectivity index (χ1) is 13.0. The van der Waals surface area contributed by atoms with E-state index in [2.05, 4.69) is 20.8 Å². The summed E-state index contributed by atoms with van der Waals surface area (Å²) in [7, 11) is 3.15. The van der Waals surface area contributed by atoms with Crippen LogP contribution in [0.5, 0.6) is 11.5 Å². The summed E-state index contributed by atoms with van der Waals surface area (Å²) in [5, 5.41) is 14.5. The number of methoxy groups -OCH3 is 2. The van der Waals surface area contributed by atoms with Crippen LogP contribution in [0, 0.1) is 13.8 Å². The summed E-state index contributed by atoms with van der Waals surface area (Å²) in [5.74, 6) is 1.81. The number of tetrazole rings is 1. The van der Waals surface area contributed by atoms with Gasteiger partial charge in [-0.25, -0.2) is 0 Å². The predicted octanol–water partition coefficient (Wildman–Crippen LogP) is 2.48. The van der Waals surface area contributed by atoms with Crippen LogP contribution in [0.1, 0.15) is 17.0 Å². The fourth-order valence-electron chi connectivity index (χ4n) is 2.75. The molecule has 8 nitrogen and oxygen atoms in total. The summed E-state index contributed by atoms with van der Waals surface area (Å²) in [6.45, 7) is 3.78. The molecule has 0 fully saturated rings. The zero-order valence-electron chi connectivity index (χ0n) is 15.7. The molecule has 0 aliphatic heterocycles. The van der Waals surface area contributed by atoms with Gasteiger partial charge in [-0.05, 0) is 48.0 Å². The van der Waals surface area contributed by atoms with E-state index >= 15 is 0 Å². The van der Waals surface area contributed by atoms with Crippen LogP contribution in [0.2, 0.25) is 0 Å². The predicted molar refractivity (Wildman–Crippen MR) is 101 cm³/mol. The van der Waals surface area contributed by atoms with Gasteiger partial charge in [-0.3, -0.25) is 4.79 Å². The zero-order chi connectivity index (χ0) is 19.4. The molecular formula is C19H21N5O3. The number of carbonyl (C=O) groups is 1. The monoisotopic (exact) mass is 367 g/mol. The van der Waals surface area contributed by atoms with Crippen molar-refractivity contribution < 1.29 is 14.3 Å². The number of rotatable bonds is 6. The Kier molecular flexibility index (Phi) is 5.35. The molecule has 0 radical (unpaired) electrons. The van der Waals surface area contributed by atoms with Gasteiger partial charge in [0.2, 0.25) is 5.91 Å². The molecule has 1 amide bonds. The van der Waals surface area contributed by atoms with Crippen LogP contribution >= 0.6 is 0 Å². The SMILES string of the molecule is COc1ccc(CC(=O)Nc2ccc(C)c(-n3nnnc3C)c2)c(OC)c1. The lowest BCUT2D eigenvalue weighted by Gasteiger charge is -2.12. The maximum absolute atomic E-state index is 12.5. The number of benzene rings is 2. The van der Waals surface area contributed by atoms with E-state index in [0.717, 1.165) is 16.8 Å². The third-order valence-electron chi connectivity index (χ3n) is 4.19. The smallest absolute Gasteiger partial charge is 0.228 e. The normalized spacial score (nSPS) is 10.5. The fraction of sp³-hybridized carbons (Fsp3) is 0.263. The van der Waals surface area contributed by atoms with E-state index in [9.17, 15) is 4.79 Å². The molecule has 0 unspecified atom stereocenters. The van der Waals surface area contributed by atoms with Crippen molar-refractivity contribution in [3.8, 4) is 17.2 Å². The van der Waals surface area contributed by atoms with Gasteiger partial charge in [0.25, 0.3) is 0 Å². The summed E-state index contributed by atoms with van der Waals surface area (Å²) in [6.07, 6.45) is 0.181. The van der Waals surface area contributed by atoms with E-state index in [4.69, 9.17) is 9.47 Å². The molecule has 8 heteroatoms. The van der Waals surface area contributed by atoms with Crippen molar-refractivity contribution in [3.05, 3.63) is 53.3 Å². The third-order valence-corrected chi connectivity index (χ3v) is 4.19. The Labute approximate surface area is 157 Å². The maximum atomic E-state index is 12.5. The first kappa shape index (κ1) is 18.4. The second kappa shape index (κ2) is 7.86. The molecule has 27 heavy (non-hydrogen) atoms. The molecule has 2 aromatic carbocycles. The fourth-order valence-corrected chi connectivity index (χ4v) is 2.75. The summed E-state index contributed by atoms with van der Waals surface area (Å²) in [4.78, 5) is 12.5. The summed E-state index contributed by atoms with van der Waals surface area (Å²) < 4.78 is 12.2. The standard InChI is InChI=1S/C19H21N5O3/c1-12-5-7-15(10-17(12)24-13(2)21-22-23-24)20-19(25)9-14-6-8-16(26-3)11-18(14)27-4/h5-8,10-11H,9H2,1-4H3,(H,20,25). The molecule has 1 heterocycles. The molecule has 0 saturated heterocycles. The Hall–Kier alpha value is -3.42. The average Bonchev–Trinajstić information content (AvgIpc) is 3.09. The van der Waals surface area contributed by atoms with Gasteiger partial charge in [0.1, 0.15) is 11.5 Å². The zero-order valence-corrected chi connectivity index (χ0v) is 15.7. The van der Waals surface area contributed by atoms with Crippen LogP contribution in [-0.2, 0) is 11.2 Å². The quantitative estimate of drug-likeness (QED) is 0.720. The molecule has 0 spiro atoms. The first-order valence-corrected chi connectivity index (χ1v) is 8.38. The minimum absolute atomic E-state index is 0.151. The lowest BCUT2D eigenvalue weighted by molar-refractivity contribution is -0.115. The van der Waals surface area contributed by atoms with Crippen LogP contribution in [-0.4, -0.2) is 40.3 Å². The Balaban J connectivity index is 1.78. The van der Waals surface area contributed by atoms with Crippen molar-refractivity contribution in [3.63, 3.8) is 0 Å². The Bertz CT molecular complexity index is 968. The van der Waals surface area contributed by atoms with E-state index in [-0.39, 0.29) is 12.3 Å². The summed E-state index contributed by atoms with van der Waals surface area (Å²) in [6, 6.07) is 11.0. The second-order valence-corrected chi connectivity index (χ2v) is 6.04. The van der Waals surface area contributed by atoms with Gasteiger partial charge in [0.05, 0.1) is 26.3 Å².